The van der Waals surface area contributed by atoms with Crippen molar-refractivity contribution in [2.45, 2.75) is 13.5 Å². The number of thiophene rings is 1. The fraction of sp³-hybridized carbons (Fsp3) is 0.235. The third kappa shape index (κ3) is 3.93. The highest BCUT2D eigenvalue weighted by atomic mass is 32.1. The highest BCUT2D eigenvalue weighted by Gasteiger charge is 2.29. The lowest BCUT2D eigenvalue weighted by molar-refractivity contribution is -0.385. The molecule has 2 rings (SSSR count). The van der Waals surface area contributed by atoms with Crippen molar-refractivity contribution in [2.24, 2.45) is 0 Å². The van der Waals surface area contributed by atoms with Crippen molar-refractivity contribution in [3.8, 4) is 0 Å². The molecule has 11 heteroatoms. The van der Waals surface area contributed by atoms with Crippen LogP contribution in [0.3, 0.4) is 0 Å². The molecule has 0 saturated heterocycles. The molecule has 0 aliphatic rings. The number of nitrogens with zero attached hydrogens (tertiary/aromatic N) is 1. The number of anilines is 1. The molecule has 0 bridgehead atoms. The zero-order valence-corrected chi connectivity index (χ0v) is 16.0. The van der Waals surface area contributed by atoms with Crippen LogP contribution in [0.25, 0.3) is 0 Å². The summed E-state index contributed by atoms with van der Waals surface area (Å²) in [5.74, 6) is -2.59. The summed E-state index contributed by atoms with van der Waals surface area (Å²) in [6.07, 6.45) is 0. The first-order chi connectivity index (χ1) is 13.2. The van der Waals surface area contributed by atoms with Crippen molar-refractivity contribution >= 4 is 39.9 Å². The number of nitro benzene ring substituents is 1. The summed E-state index contributed by atoms with van der Waals surface area (Å²) in [6.45, 7) is 0.950. The molecule has 28 heavy (non-hydrogen) atoms. The predicted molar refractivity (Wildman–Crippen MR) is 98.4 cm³/mol. The van der Waals surface area contributed by atoms with Crippen LogP contribution in [-0.2, 0) is 20.8 Å². The number of nitrogens with two attached hydrogens (primary N) is 1. The van der Waals surface area contributed by atoms with Crippen LogP contribution in [0.15, 0.2) is 18.2 Å². The number of nitrogen functional groups attached to an aromatic ring is 1. The molecule has 10 nitrogen and oxygen atoms in total. The van der Waals surface area contributed by atoms with E-state index in [0.29, 0.717) is 0 Å². The summed E-state index contributed by atoms with van der Waals surface area (Å²) >= 11 is 0.778. The maximum atomic E-state index is 12.4. The second kappa shape index (κ2) is 8.48. The molecule has 0 radical (unpaired) electrons. The fourth-order valence-corrected chi connectivity index (χ4v) is 3.47. The number of methoxy groups -OCH3 is 2. The number of para-hydroxylation sites is 1. The van der Waals surface area contributed by atoms with E-state index in [0.717, 1.165) is 25.6 Å². The van der Waals surface area contributed by atoms with Gasteiger partial charge in [0, 0.05) is 11.1 Å². The number of carbonyl (C=O) groups is 3. The second-order valence-electron chi connectivity index (χ2n) is 5.44. The molecule has 2 N–H and O–H groups in total. The van der Waals surface area contributed by atoms with E-state index < -0.39 is 35.1 Å². The third-order valence-electron chi connectivity index (χ3n) is 3.78. The molecule has 2 aromatic rings. The summed E-state index contributed by atoms with van der Waals surface area (Å²) in [5.41, 5.74) is 5.31. The van der Waals surface area contributed by atoms with E-state index in [1.54, 1.807) is 0 Å². The Morgan fingerprint density at radius 3 is 2.36 bits per heavy atom. The fourth-order valence-electron chi connectivity index (χ4n) is 2.49. The van der Waals surface area contributed by atoms with E-state index in [2.05, 4.69) is 9.47 Å². The van der Waals surface area contributed by atoms with Gasteiger partial charge >= 0.3 is 17.9 Å². The van der Waals surface area contributed by atoms with Crippen LogP contribution in [0.1, 0.15) is 41.5 Å². The summed E-state index contributed by atoms with van der Waals surface area (Å²) in [6, 6.07) is 4.21. The minimum absolute atomic E-state index is 0.00450. The van der Waals surface area contributed by atoms with Crippen molar-refractivity contribution in [3.05, 3.63) is 55.4 Å². The van der Waals surface area contributed by atoms with Crippen molar-refractivity contribution in [2.75, 3.05) is 20.0 Å². The van der Waals surface area contributed by atoms with Gasteiger partial charge in [0.2, 0.25) is 0 Å². The molecule has 0 unspecified atom stereocenters. The minimum atomic E-state index is -0.994. The topological polar surface area (TPSA) is 148 Å². The molecule has 1 aromatic heterocycles. The first-order valence-electron chi connectivity index (χ1n) is 7.71. The number of rotatable bonds is 6. The van der Waals surface area contributed by atoms with Crippen LogP contribution < -0.4 is 5.73 Å². The van der Waals surface area contributed by atoms with E-state index in [1.807, 2.05) is 0 Å². The number of hydrogen-bond acceptors (Lipinski definition) is 10. The molecule has 0 spiro atoms. The molecule has 0 aliphatic carbocycles. The molecule has 0 atom stereocenters. The Balaban J connectivity index is 2.41. The van der Waals surface area contributed by atoms with Crippen LogP contribution in [0.4, 0.5) is 10.7 Å². The largest absolute Gasteiger partial charge is 0.465 e. The average Bonchev–Trinajstić information content (AvgIpc) is 3.00. The van der Waals surface area contributed by atoms with Crippen LogP contribution in [0, 0.1) is 17.0 Å². The monoisotopic (exact) mass is 408 g/mol. The van der Waals surface area contributed by atoms with Gasteiger partial charge in [0.25, 0.3) is 5.69 Å². The number of nitro groups is 1. The van der Waals surface area contributed by atoms with Crippen LogP contribution >= 0.6 is 11.3 Å². The summed E-state index contributed by atoms with van der Waals surface area (Å²) < 4.78 is 14.4. The van der Waals surface area contributed by atoms with Gasteiger partial charge in [0.05, 0.1) is 19.1 Å². The Kier molecular flexibility index (Phi) is 6.31. The molecule has 0 aliphatic heterocycles. The van der Waals surface area contributed by atoms with Gasteiger partial charge in [0.15, 0.2) is 0 Å². The van der Waals surface area contributed by atoms with Crippen molar-refractivity contribution in [1.29, 1.82) is 0 Å². The number of hydrogen-bond donors (Lipinski definition) is 1. The minimum Gasteiger partial charge on any atom is -0.465 e. The van der Waals surface area contributed by atoms with Gasteiger partial charge in [-0.1, -0.05) is 12.1 Å². The average molecular weight is 408 g/mol. The summed E-state index contributed by atoms with van der Waals surface area (Å²) in [5, 5.41) is 11.2. The molecule has 0 saturated carbocycles. The number of ether oxygens (including phenoxy) is 3. The Bertz CT molecular complexity index is 966. The van der Waals surface area contributed by atoms with Gasteiger partial charge in [-0.15, -0.1) is 11.3 Å². The second-order valence-corrected chi connectivity index (χ2v) is 6.49. The molecule has 1 heterocycles. The quantitative estimate of drug-likeness (QED) is 0.329. The Morgan fingerprint density at radius 1 is 1.14 bits per heavy atom. The summed E-state index contributed by atoms with van der Waals surface area (Å²) in [7, 11) is 2.27. The molecule has 148 valence electrons. The van der Waals surface area contributed by atoms with Crippen LogP contribution in [0.2, 0.25) is 0 Å². The van der Waals surface area contributed by atoms with Crippen molar-refractivity contribution in [1.82, 2.24) is 0 Å². The van der Waals surface area contributed by atoms with Gasteiger partial charge in [-0.05, 0) is 13.0 Å². The Morgan fingerprint density at radius 2 is 1.79 bits per heavy atom. The molecule has 0 fully saturated rings. The van der Waals surface area contributed by atoms with Gasteiger partial charge in [-0.25, -0.2) is 14.4 Å². The lowest BCUT2D eigenvalue weighted by atomic mass is 10.1. The summed E-state index contributed by atoms with van der Waals surface area (Å²) in [4.78, 5) is 46.9. The molecular weight excluding hydrogens is 392 g/mol. The van der Waals surface area contributed by atoms with E-state index in [-0.39, 0.29) is 32.1 Å². The van der Waals surface area contributed by atoms with Crippen molar-refractivity contribution < 1.29 is 33.5 Å². The van der Waals surface area contributed by atoms with E-state index in [9.17, 15) is 24.5 Å². The molecule has 0 amide bonds. The van der Waals surface area contributed by atoms with E-state index >= 15 is 0 Å². The number of aryl methyl sites for hydroxylation is 1. The lowest BCUT2D eigenvalue weighted by Gasteiger charge is -2.09. The zero-order valence-electron chi connectivity index (χ0n) is 15.1. The Hall–Kier alpha value is -3.47. The zero-order chi connectivity index (χ0) is 21.0. The van der Waals surface area contributed by atoms with Crippen LogP contribution in [0.5, 0.6) is 0 Å². The van der Waals surface area contributed by atoms with Gasteiger partial charge in [-0.3, -0.25) is 10.1 Å². The number of esters is 3. The number of carbonyl (C=O) groups excluding carboxylic acids is 3. The lowest BCUT2D eigenvalue weighted by Crippen LogP contribution is -2.13. The maximum absolute atomic E-state index is 12.4. The molecule has 1 aromatic carbocycles. The maximum Gasteiger partial charge on any atom is 0.348 e. The normalized spacial score (nSPS) is 10.2. The smallest absolute Gasteiger partial charge is 0.348 e. The Labute approximate surface area is 163 Å². The van der Waals surface area contributed by atoms with Crippen LogP contribution in [-0.4, -0.2) is 37.1 Å². The van der Waals surface area contributed by atoms with Gasteiger partial charge in [0.1, 0.15) is 27.6 Å². The standard InChI is InChI=1S/C17H16N2O8S/c1-8-5-4-6-9(12(8)19(23)24)15(20)27-7-10-11(16(21)25-2)14(18)28-13(10)17(22)26-3/h4-6H,7,18H2,1-3H3. The van der Waals surface area contributed by atoms with Crippen molar-refractivity contribution in [3.63, 3.8) is 0 Å². The third-order valence-corrected chi connectivity index (χ3v) is 4.82. The first-order valence-corrected chi connectivity index (χ1v) is 8.53. The van der Waals surface area contributed by atoms with E-state index in [1.165, 1.54) is 25.1 Å². The SMILES string of the molecule is COC(=O)c1sc(N)c(C(=O)OC)c1COC(=O)c1cccc(C)c1[N+](=O)[O-]. The van der Waals surface area contributed by atoms with Gasteiger partial charge < -0.3 is 19.9 Å². The highest BCUT2D eigenvalue weighted by Crippen LogP contribution is 2.33. The number of benzene rings is 1. The van der Waals surface area contributed by atoms with Gasteiger partial charge in [-0.2, -0.15) is 0 Å². The predicted octanol–water partition coefficient (Wildman–Crippen LogP) is 2.48. The first kappa shape index (κ1) is 20.8. The molecular formula is C17H16N2O8S. The highest BCUT2D eigenvalue weighted by molar-refractivity contribution is 7.18. The van der Waals surface area contributed by atoms with E-state index in [4.69, 9.17) is 10.5 Å².